The van der Waals surface area contributed by atoms with Crippen LogP contribution in [0.4, 0.5) is 0 Å². The summed E-state index contributed by atoms with van der Waals surface area (Å²) >= 11 is 0. The molecule has 20 heteroatoms. The molecule has 0 aromatic heterocycles. The van der Waals surface area contributed by atoms with Crippen molar-refractivity contribution in [3.63, 3.8) is 0 Å². The Labute approximate surface area is 430 Å². The molecule has 5 rings (SSSR count). The normalized spacial score (nSPS) is 22.3. The van der Waals surface area contributed by atoms with E-state index in [0.29, 0.717) is 32.2 Å². The Balaban J connectivity index is 1.14. The van der Waals surface area contributed by atoms with E-state index in [4.69, 9.17) is 23.7 Å². The van der Waals surface area contributed by atoms with Gasteiger partial charge in [0.1, 0.15) is 18.1 Å². The van der Waals surface area contributed by atoms with Crippen LogP contribution in [0.2, 0.25) is 0 Å². The number of benzene rings is 1. The quantitative estimate of drug-likeness (QED) is 0.0716. The molecule has 3 heterocycles. The summed E-state index contributed by atoms with van der Waals surface area (Å²) in [7, 11) is 4.67. The smallest absolute Gasteiger partial charge is 0.326 e. The number of imide groups is 1. The van der Waals surface area contributed by atoms with Crippen LogP contribution in [0.3, 0.4) is 0 Å². The van der Waals surface area contributed by atoms with E-state index in [1.54, 1.807) is 52.9 Å². The van der Waals surface area contributed by atoms with E-state index >= 15 is 0 Å². The van der Waals surface area contributed by atoms with Gasteiger partial charge in [-0.2, -0.15) is 0 Å². The second-order valence-electron chi connectivity index (χ2n) is 20.1. The number of rotatable bonds is 31. The van der Waals surface area contributed by atoms with Crippen LogP contribution in [0.5, 0.6) is 0 Å². The number of carboxylic acid groups (broad SMARTS) is 1. The van der Waals surface area contributed by atoms with Crippen molar-refractivity contribution in [3.05, 3.63) is 48.0 Å². The third kappa shape index (κ3) is 15.4. The summed E-state index contributed by atoms with van der Waals surface area (Å²) in [6.45, 7) is 11.4. The lowest BCUT2D eigenvalue weighted by Crippen LogP contribution is -2.60. The van der Waals surface area contributed by atoms with Gasteiger partial charge < -0.3 is 54.1 Å². The number of fused-ring (bicyclic) bond motifs is 2. The number of amides is 7. The molecule has 1 saturated carbocycles. The maximum absolute atomic E-state index is 14.7. The number of likely N-dealkylation sites (N-methyl/N-ethyl adjacent to an activating group) is 1. The Kier molecular flexibility index (Phi) is 22.8. The SMILES string of the molecule is CC[C@H](C)[C@@H]([C@@H](CC(=O)N1CCC[C@H]1[C@H](OC)[C@@H](C)C(=O)N[C@@H](Cc1ccccc1)C(=O)O)OC)N(C)C(=O)[C@@H](NC(=O)[C@@H]1[C@H]2CC[C@H](C2)N1C(=O)CCOCCOCCOCCN1C(=O)C=CC1=O)C(C)C. The average Bonchev–Trinajstić information content (AvgIpc) is 4.20. The molecule has 406 valence electrons. The first-order valence-electron chi connectivity index (χ1n) is 26.0. The van der Waals surface area contributed by atoms with Gasteiger partial charge in [0.15, 0.2) is 0 Å². The summed E-state index contributed by atoms with van der Waals surface area (Å²) in [6.07, 6.45) is 5.26. The molecule has 73 heavy (non-hydrogen) atoms. The Bertz CT molecular complexity index is 2060. The molecule has 1 aliphatic carbocycles. The largest absolute Gasteiger partial charge is 0.480 e. The molecule has 1 aromatic rings. The maximum atomic E-state index is 14.7. The predicted molar refractivity (Wildman–Crippen MR) is 267 cm³/mol. The number of hydrogen-bond donors (Lipinski definition) is 3. The average molecular weight is 1030 g/mol. The number of carboxylic acids is 1. The fourth-order valence-electron chi connectivity index (χ4n) is 11.0. The minimum absolute atomic E-state index is 0.0401. The fraction of sp³-hybridized carbons (Fsp3) is 0.698. The van der Waals surface area contributed by atoms with Crippen LogP contribution in [-0.4, -0.2) is 194 Å². The van der Waals surface area contributed by atoms with Gasteiger partial charge in [-0.3, -0.25) is 38.5 Å². The summed E-state index contributed by atoms with van der Waals surface area (Å²) in [4.78, 5) is 112. The van der Waals surface area contributed by atoms with Crippen molar-refractivity contribution in [2.24, 2.45) is 23.7 Å². The number of piperidine rings is 1. The first-order chi connectivity index (χ1) is 34.9. The molecule has 7 amide bonds. The lowest BCUT2D eigenvalue weighted by Gasteiger charge is -2.41. The Hall–Kier alpha value is -5.28. The summed E-state index contributed by atoms with van der Waals surface area (Å²) in [5, 5.41) is 15.7. The fourth-order valence-corrected chi connectivity index (χ4v) is 11.0. The molecule has 4 aliphatic rings. The number of aliphatic carboxylic acids is 1. The molecular formula is C53H80N6O14. The highest BCUT2D eigenvalue weighted by atomic mass is 16.5. The van der Waals surface area contributed by atoms with Crippen LogP contribution >= 0.6 is 0 Å². The molecule has 2 bridgehead atoms. The van der Waals surface area contributed by atoms with Crippen molar-refractivity contribution in [1.29, 1.82) is 0 Å². The monoisotopic (exact) mass is 1020 g/mol. The van der Waals surface area contributed by atoms with Crippen LogP contribution in [0, 0.1) is 23.7 Å². The number of ether oxygens (including phenoxy) is 5. The third-order valence-electron chi connectivity index (χ3n) is 15.1. The van der Waals surface area contributed by atoms with Crippen molar-refractivity contribution >= 4 is 47.3 Å². The van der Waals surface area contributed by atoms with Crippen molar-refractivity contribution in [1.82, 2.24) is 30.2 Å². The second kappa shape index (κ2) is 28.4. The lowest BCUT2D eigenvalue weighted by atomic mass is 9.89. The Morgan fingerprint density at radius 3 is 2.07 bits per heavy atom. The second-order valence-corrected chi connectivity index (χ2v) is 20.1. The standard InChI is InChI=1S/C53H80N6O14/c1-9-34(4)47(41(69-7)32-45(63)57-22-13-16-40(57)49(70-8)35(5)50(64)54-39(53(67)68)30-36-14-11-10-12-15-36)56(6)52(66)46(33(2)3)55-51(65)48-37-17-18-38(31-37)59(48)44(62)21-24-71-26-28-73-29-27-72-25-23-58-42(60)19-20-43(58)61/h10-12,14-15,19-20,33-35,37-41,46-49H,9,13,16-18,21-32H2,1-8H3,(H,54,64)(H,55,65)(H,67,68)/t34-,35+,37-,38+,39-,40-,41+,46-,47-,48-,49+/m0/s1. The molecule has 0 unspecified atom stereocenters. The number of carbonyl (C=O) groups is 8. The van der Waals surface area contributed by atoms with E-state index in [2.05, 4.69) is 10.6 Å². The van der Waals surface area contributed by atoms with Crippen LogP contribution in [0.15, 0.2) is 42.5 Å². The van der Waals surface area contributed by atoms with Crippen molar-refractivity contribution in [3.8, 4) is 0 Å². The zero-order valence-electron chi connectivity index (χ0n) is 44.0. The molecule has 3 N–H and O–H groups in total. The number of methoxy groups -OCH3 is 2. The molecule has 3 fully saturated rings. The number of nitrogens with zero attached hydrogens (tertiary/aromatic N) is 4. The molecule has 1 aromatic carbocycles. The highest BCUT2D eigenvalue weighted by molar-refractivity contribution is 6.12. The Morgan fingerprint density at radius 2 is 1.47 bits per heavy atom. The van der Waals surface area contributed by atoms with Gasteiger partial charge in [-0.25, -0.2) is 4.79 Å². The summed E-state index contributed by atoms with van der Waals surface area (Å²) in [5.74, 6) is -4.81. The molecule has 3 aliphatic heterocycles. The number of carbonyl (C=O) groups excluding carboxylic acids is 7. The molecule has 2 saturated heterocycles. The molecule has 11 atom stereocenters. The minimum Gasteiger partial charge on any atom is -0.480 e. The summed E-state index contributed by atoms with van der Waals surface area (Å²) in [6, 6.07) is 5.08. The molecular weight excluding hydrogens is 945 g/mol. The van der Waals surface area contributed by atoms with E-state index in [9.17, 15) is 43.5 Å². The van der Waals surface area contributed by atoms with Crippen LogP contribution in [0.25, 0.3) is 0 Å². The lowest BCUT2D eigenvalue weighted by molar-refractivity contribution is -0.149. The summed E-state index contributed by atoms with van der Waals surface area (Å²) in [5.41, 5.74) is 0.764. The van der Waals surface area contributed by atoms with Crippen LogP contribution in [0.1, 0.15) is 91.5 Å². The first-order valence-corrected chi connectivity index (χ1v) is 26.0. The van der Waals surface area contributed by atoms with Gasteiger partial charge >= 0.3 is 5.97 Å². The summed E-state index contributed by atoms with van der Waals surface area (Å²) < 4.78 is 28.7. The van der Waals surface area contributed by atoms with Gasteiger partial charge in [0.05, 0.1) is 89.2 Å². The van der Waals surface area contributed by atoms with Crippen molar-refractivity contribution in [2.45, 2.75) is 141 Å². The number of nitrogens with one attached hydrogen (secondary N) is 2. The minimum atomic E-state index is -1.16. The van der Waals surface area contributed by atoms with E-state index < -0.39 is 60.2 Å². The highest BCUT2D eigenvalue weighted by Gasteiger charge is 2.52. The van der Waals surface area contributed by atoms with Crippen molar-refractivity contribution in [2.75, 3.05) is 74.0 Å². The maximum Gasteiger partial charge on any atom is 0.326 e. The zero-order chi connectivity index (χ0) is 53.4. The predicted octanol–water partition coefficient (Wildman–Crippen LogP) is 2.60. The molecule has 0 spiro atoms. The number of hydrogen-bond acceptors (Lipinski definition) is 13. The van der Waals surface area contributed by atoms with E-state index in [0.717, 1.165) is 23.3 Å². The van der Waals surface area contributed by atoms with Gasteiger partial charge in [0, 0.05) is 52.4 Å². The molecule has 20 nitrogen and oxygen atoms in total. The topological polar surface area (TPSA) is 240 Å². The highest BCUT2D eigenvalue weighted by Crippen LogP contribution is 2.43. The van der Waals surface area contributed by atoms with Crippen molar-refractivity contribution < 1.29 is 67.1 Å². The van der Waals surface area contributed by atoms with Crippen LogP contribution in [-0.2, 0) is 68.5 Å². The van der Waals surface area contributed by atoms with E-state index in [-0.39, 0.29) is 125 Å². The van der Waals surface area contributed by atoms with Gasteiger partial charge in [-0.1, -0.05) is 71.4 Å². The number of likely N-dealkylation sites (tertiary alicyclic amines) is 2. The van der Waals surface area contributed by atoms with Gasteiger partial charge in [0.25, 0.3) is 11.8 Å². The Morgan fingerprint density at radius 1 is 0.822 bits per heavy atom. The van der Waals surface area contributed by atoms with E-state index in [1.807, 2.05) is 33.8 Å². The van der Waals surface area contributed by atoms with Crippen LogP contribution < -0.4 is 10.6 Å². The van der Waals surface area contributed by atoms with Gasteiger partial charge in [0.2, 0.25) is 29.5 Å². The van der Waals surface area contributed by atoms with Gasteiger partial charge in [-0.05, 0) is 55.4 Å². The van der Waals surface area contributed by atoms with Gasteiger partial charge in [-0.15, -0.1) is 0 Å². The zero-order valence-corrected chi connectivity index (χ0v) is 44.0. The van der Waals surface area contributed by atoms with E-state index in [1.165, 1.54) is 26.4 Å². The molecule has 0 radical (unpaired) electrons. The third-order valence-corrected chi connectivity index (χ3v) is 15.1. The first kappa shape index (κ1) is 58.6.